The maximum absolute atomic E-state index is 12.8. The second-order valence-electron chi connectivity index (χ2n) is 3.95. The summed E-state index contributed by atoms with van der Waals surface area (Å²) < 4.78 is 12.8. The summed E-state index contributed by atoms with van der Waals surface area (Å²) in [5.41, 5.74) is 7.97. The van der Waals surface area contributed by atoms with Gasteiger partial charge < -0.3 is 10.3 Å². The van der Waals surface area contributed by atoms with Crippen molar-refractivity contribution in [3.8, 4) is 0 Å². The highest BCUT2D eigenvalue weighted by Crippen LogP contribution is 2.46. The number of nitrogens with two attached hydrogens (primary N) is 1. The third-order valence-electron chi connectivity index (χ3n) is 3.07. The van der Waals surface area contributed by atoms with Crippen LogP contribution in [0.25, 0.3) is 11.0 Å². The van der Waals surface area contributed by atoms with Gasteiger partial charge in [-0.25, -0.2) is 0 Å². The molecular formula is C12H16N3OP. The lowest BCUT2D eigenvalue weighted by molar-refractivity contribution is 0.582. The third kappa shape index (κ3) is 1.93. The van der Waals surface area contributed by atoms with Crippen molar-refractivity contribution in [3.63, 3.8) is 0 Å². The van der Waals surface area contributed by atoms with Gasteiger partial charge in [-0.15, -0.1) is 0 Å². The zero-order valence-corrected chi connectivity index (χ0v) is 10.9. The summed E-state index contributed by atoms with van der Waals surface area (Å²) in [6.07, 6.45) is 4.44. The maximum Gasteiger partial charge on any atom is 0.119 e. The Morgan fingerprint density at radius 2 is 1.82 bits per heavy atom. The van der Waals surface area contributed by atoms with Crippen LogP contribution in [0.4, 0.5) is 5.69 Å². The molecule has 5 heteroatoms. The first kappa shape index (κ1) is 12.1. The van der Waals surface area contributed by atoms with Gasteiger partial charge in [-0.2, -0.15) is 0 Å². The molecule has 90 valence electrons. The predicted octanol–water partition coefficient (Wildman–Crippen LogP) is 2.24. The van der Waals surface area contributed by atoms with E-state index in [1.807, 2.05) is 19.9 Å². The summed E-state index contributed by atoms with van der Waals surface area (Å²) in [7, 11) is -2.44. The molecule has 0 unspecified atom stereocenters. The van der Waals surface area contributed by atoms with Crippen molar-refractivity contribution >= 4 is 29.2 Å². The number of hydrogen-bond acceptors (Lipinski definition) is 4. The normalized spacial score (nSPS) is 11.9. The van der Waals surface area contributed by atoms with Crippen molar-refractivity contribution < 1.29 is 4.57 Å². The van der Waals surface area contributed by atoms with Gasteiger partial charge in [0.05, 0.1) is 10.8 Å². The van der Waals surface area contributed by atoms with E-state index >= 15 is 0 Å². The summed E-state index contributed by atoms with van der Waals surface area (Å²) in [4.78, 5) is 8.52. The first-order valence-electron chi connectivity index (χ1n) is 5.70. The monoisotopic (exact) mass is 249 g/mol. The third-order valence-corrected chi connectivity index (χ3v) is 6.40. The van der Waals surface area contributed by atoms with E-state index in [0.717, 1.165) is 5.52 Å². The fourth-order valence-electron chi connectivity index (χ4n) is 2.01. The average Bonchev–Trinajstić information content (AvgIpc) is 2.38. The van der Waals surface area contributed by atoms with E-state index in [4.69, 9.17) is 5.73 Å². The topological polar surface area (TPSA) is 68.9 Å². The molecule has 0 aliphatic heterocycles. The van der Waals surface area contributed by atoms with Crippen molar-refractivity contribution in [1.29, 1.82) is 0 Å². The molecule has 0 saturated heterocycles. The van der Waals surface area contributed by atoms with Crippen LogP contribution in [0.2, 0.25) is 0 Å². The molecule has 4 nitrogen and oxygen atoms in total. The molecular weight excluding hydrogens is 233 g/mol. The maximum atomic E-state index is 12.8. The molecule has 0 fully saturated rings. The van der Waals surface area contributed by atoms with Gasteiger partial charge in [0.2, 0.25) is 0 Å². The first-order valence-corrected chi connectivity index (χ1v) is 7.78. The lowest BCUT2D eigenvalue weighted by Crippen LogP contribution is -2.16. The second kappa shape index (κ2) is 4.46. The molecule has 1 aromatic carbocycles. The van der Waals surface area contributed by atoms with Gasteiger partial charge >= 0.3 is 0 Å². The predicted molar refractivity (Wildman–Crippen MR) is 72.3 cm³/mol. The molecule has 2 rings (SSSR count). The molecule has 1 aromatic heterocycles. The molecule has 1 heterocycles. The summed E-state index contributed by atoms with van der Waals surface area (Å²) >= 11 is 0. The molecule has 0 atom stereocenters. The van der Waals surface area contributed by atoms with E-state index < -0.39 is 7.14 Å². The molecule has 0 spiro atoms. The molecule has 2 N–H and O–H groups in total. The Morgan fingerprint density at radius 1 is 1.18 bits per heavy atom. The van der Waals surface area contributed by atoms with Gasteiger partial charge in [-0.1, -0.05) is 13.8 Å². The van der Waals surface area contributed by atoms with Gasteiger partial charge in [0.25, 0.3) is 0 Å². The van der Waals surface area contributed by atoms with Gasteiger partial charge in [-0.3, -0.25) is 9.97 Å². The SMILES string of the molecule is CCP(=O)(CC)c1c(N)ccc2nccnc12. The van der Waals surface area contributed by atoms with Crippen LogP contribution >= 0.6 is 7.14 Å². The number of hydrogen-bond donors (Lipinski definition) is 1. The van der Waals surface area contributed by atoms with E-state index in [-0.39, 0.29) is 0 Å². The summed E-state index contributed by atoms with van der Waals surface area (Å²) in [5.74, 6) is 0. The molecule has 0 radical (unpaired) electrons. The van der Waals surface area contributed by atoms with E-state index in [2.05, 4.69) is 9.97 Å². The largest absolute Gasteiger partial charge is 0.398 e. The first-order chi connectivity index (χ1) is 8.12. The number of nitrogen functional groups attached to an aromatic ring is 1. The lowest BCUT2D eigenvalue weighted by Gasteiger charge is -2.18. The van der Waals surface area contributed by atoms with Crippen LogP contribution in [-0.4, -0.2) is 22.3 Å². The molecule has 2 aromatic rings. The van der Waals surface area contributed by atoms with Gasteiger partial charge in [0.1, 0.15) is 12.7 Å². The fraction of sp³-hybridized carbons (Fsp3) is 0.333. The van der Waals surface area contributed by atoms with E-state index in [1.54, 1.807) is 18.5 Å². The molecule has 0 bridgehead atoms. The molecule has 0 amide bonds. The van der Waals surface area contributed by atoms with Crippen LogP contribution in [0.3, 0.4) is 0 Å². The Bertz CT molecular complexity index is 589. The zero-order chi connectivity index (χ0) is 12.5. The van der Waals surface area contributed by atoms with Crippen LogP contribution in [0.5, 0.6) is 0 Å². The number of aromatic nitrogens is 2. The fourth-order valence-corrected chi connectivity index (χ4v) is 4.19. The summed E-state index contributed by atoms with van der Waals surface area (Å²) in [5, 5.41) is 0.702. The minimum atomic E-state index is -2.44. The standard InChI is InChI=1S/C12H16N3OP/c1-3-17(16,4-2)12-9(13)5-6-10-11(12)15-8-7-14-10/h5-8H,3-4,13H2,1-2H3. The lowest BCUT2D eigenvalue weighted by atomic mass is 10.2. The van der Waals surface area contributed by atoms with E-state index in [9.17, 15) is 4.57 Å². The minimum absolute atomic E-state index is 0.560. The van der Waals surface area contributed by atoms with Crippen molar-refractivity contribution in [2.24, 2.45) is 0 Å². The Morgan fingerprint density at radius 3 is 2.47 bits per heavy atom. The quantitative estimate of drug-likeness (QED) is 0.669. The summed E-state index contributed by atoms with van der Waals surface area (Å²) in [6.45, 7) is 3.86. The number of nitrogens with zero attached hydrogens (tertiary/aromatic N) is 2. The van der Waals surface area contributed by atoms with Crippen molar-refractivity contribution in [1.82, 2.24) is 9.97 Å². The highest BCUT2D eigenvalue weighted by Gasteiger charge is 2.26. The smallest absolute Gasteiger partial charge is 0.119 e. The second-order valence-corrected chi connectivity index (χ2v) is 7.44. The van der Waals surface area contributed by atoms with Crippen molar-refractivity contribution in [2.75, 3.05) is 18.1 Å². The van der Waals surface area contributed by atoms with Crippen LogP contribution in [-0.2, 0) is 4.57 Å². The Balaban J connectivity index is 2.84. The Labute approximate surface area is 101 Å². The van der Waals surface area contributed by atoms with Gasteiger partial charge in [0, 0.05) is 30.4 Å². The van der Waals surface area contributed by atoms with Gasteiger partial charge in [-0.05, 0) is 12.1 Å². The van der Waals surface area contributed by atoms with Crippen molar-refractivity contribution in [3.05, 3.63) is 24.5 Å². The molecule has 0 aliphatic carbocycles. The van der Waals surface area contributed by atoms with Crippen molar-refractivity contribution in [2.45, 2.75) is 13.8 Å². The Kier molecular flexibility index (Phi) is 3.16. The van der Waals surface area contributed by atoms with E-state index in [0.29, 0.717) is 28.8 Å². The van der Waals surface area contributed by atoms with E-state index in [1.165, 1.54) is 0 Å². The zero-order valence-electron chi connectivity index (χ0n) is 10.1. The van der Waals surface area contributed by atoms with Gasteiger partial charge in [0.15, 0.2) is 0 Å². The van der Waals surface area contributed by atoms with Crippen LogP contribution in [0.15, 0.2) is 24.5 Å². The van der Waals surface area contributed by atoms with Crippen LogP contribution < -0.4 is 11.0 Å². The highest BCUT2D eigenvalue weighted by molar-refractivity contribution is 7.72. The molecule has 17 heavy (non-hydrogen) atoms. The minimum Gasteiger partial charge on any atom is -0.398 e. The Hall–Kier alpha value is -1.41. The molecule has 0 saturated carbocycles. The van der Waals surface area contributed by atoms with Crippen LogP contribution in [0.1, 0.15) is 13.8 Å². The number of benzene rings is 1. The number of anilines is 1. The molecule has 0 aliphatic rings. The van der Waals surface area contributed by atoms with Crippen LogP contribution in [0, 0.1) is 0 Å². The summed E-state index contributed by atoms with van der Waals surface area (Å²) in [6, 6.07) is 3.58. The number of fused-ring (bicyclic) bond motifs is 1. The number of rotatable bonds is 3. The highest BCUT2D eigenvalue weighted by atomic mass is 31.2. The average molecular weight is 249 g/mol.